The molecule has 96 heavy (non-hydrogen) atoms. The first kappa shape index (κ1) is 71.7. The van der Waals surface area contributed by atoms with E-state index in [1.807, 2.05) is 32.6 Å². The Morgan fingerprint density at radius 2 is 0.896 bits per heavy atom. The first-order valence-corrected chi connectivity index (χ1v) is 33.8. The van der Waals surface area contributed by atoms with Gasteiger partial charge in [0.1, 0.15) is 35.8 Å². The zero-order chi connectivity index (χ0) is 68.4. The summed E-state index contributed by atoms with van der Waals surface area (Å²) in [5.41, 5.74) is 23.9. The molecule has 0 radical (unpaired) electrons. The average Bonchev–Trinajstić information content (AvgIpc) is 1.22. The van der Waals surface area contributed by atoms with Crippen LogP contribution in [-0.4, -0.2) is 107 Å². The highest BCUT2D eigenvalue weighted by atomic mass is 35.5. The van der Waals surface area contributed by atoms with Crippen LogP contribution in [0.3, 0.4) is 0 Å². The molecule has 0 bridgehead atoms. The molecule has 3 fully saturated rings. The third-order valence-electron chi connectivity index (χ3n) is 16.8. The van der Waals surface area contributed by atoms with E-state index in [4.69, 9.17) is 106 Å². The Morgan fingerprint density at radius 3 is 1.27 bits per heavy atom. The number of benzene rings is 3. The van der Waals surface area contributed by atoms with Gasteiger partial charge in [0, 0.05) is 121 Å². The molecule has 28 heteroatoms. The third-order valence-corrected chi connectivity index (χ3v) is 19.0. The topological polar surface area (TPSA) is 234 Å². The van der Waals surface area contributed by atoms with Crippen LogP contribution in [0.4, 0.5) is 30.6 Å². The number of halogens is 9. The van der Waals surface area contributed by atoms with Crippen molar-refractivity contribution in [3.63, 3.8) is 0 Å². The van der Waals surface area contributed by atoms with E-state index in [1.54, 1.807) is 76.2 Å². The summed E-state index contributed by atoms with van der Waals surface area (Å²) in [4.78, 5) is 15.2. The molecule has 3 aliphatic rings. The standard InChI is InChI=1S/C26H32Cl2FN5O2.2C21H22Cl2FN5O/c1-17(23-20(27)6-7-21(29)24(23)28)36-22-12-18(13-31-25(22)30)19-14-32-34(15-19)26(2,3)16-35-11-10-33-8-4-5-9-33;2*1-12(19-16(22)4-5-17(24)20(19)23)30-18-7-13(8-27-21(18)25)14-9-28-29(10-14)11-15-3-2-6-26-15/h6-7,12-15,17H,4-5,8-11,16H2,1-3H3,(H2,30,31);2*4-5,7-10,12,15,26H,2-3,6,11H2,1H3,(H2,25,27)/t;2*12?,15-/m.10/s1. The lowest BCUT2D eigenvalue weighted by molar-refractivity contribution is 0.0501. The number of anilines is 3. The highest BCUT2D eigenvalue weighted by molar-refractivity contribution is 6.37. The van der Waals surface area contributed by atoms with Crippen molar-refractivity contribution in [2.75, 3.05) is 63.1 Å². The fourth-order valence-corrected chi connectivity index (χ4v) is 13.5. The normalized spacial score (nSPS) is 16.6. The SMILES string of the molecule is CC(Oc1cc(-c2cnn(C(C)(C)COCCN3CCCC3)c2)cnc1N)c1c(Cl)ccc(F)c1Cl.CC(Oc1cc(-c2cnn(C[C@@H]3CCCN3)c2)cnc1N)c1c(Cl)ccc(F)c1Cl.CC(Oc1cc(-c2cnn(C[C@H]3CCCN3)c2)cnc1N)c1c(Cl)ccc(F)c1Cl. The zero-order valence-corrected chi connectivity index (χ0v) is 58.2. The molecule has 3 aromatic carbocycles. The Kier molecular flexibility index (Phi) is 24.3. The summed E-state index contributed by atoms with van der Waals surface area (Å²) in [6.07, 6.45) is 21.6. The van der Waals surface area contributed by atoms with Crippen LogP contribution >= 0.6 is 69.6 Å². The van der Waals surface area contributed by atoms with Gasteiger partial charge in [-0.25, -0.2) is 28.1 Å². The highest BCUT2D eigenvalue weighted by Gasteiger charge is 2.27. The minimum absolute atomic E-state index is 0.0699. The molecule has 3 saturated heterocycles. The minimum Gasteiger partial charge on any atom is -0.482 e. The van der Waals surface area contributed by atoms with Crippen LogP contribution in [0.25, 0.3) is 33.4 Å². The largest absolute Gasteiger partial charge is 0.482 e. The average molecular weight is 1440 g/mol. The van der Waals surface area contributed by atoms with Crippen LogP contribution < -0.4 is 42.0 Å². The first-order valence-electron chi connectivity index (χ1n) is 31.5. The molecule has 5 atom stereocenters. The monoisotopic (exact) mass is 1430 g/mol. The van der Waals surface area contributed by atoms with Crippen molar-refractivity contribution >= 4 is 87.1 Å². The van der Waals surface area contributed by atoms with E-state index in [2.05, 4.69) is 59.6 Å². The first-order chi connectivity index (χ1) is 46.0. The van der Waals surface area contributed by atoms with Crippen molar-refractivity contribution < 1.29 is 32.1 Å². The predicted molar refractivity (Wildman–Crippen MR) is 374 cm³/mol. The van der Waals surface area contributed by atoms with Crippen LogP contribution in [-0.2, 0) is 23.4 Å². The molecule has 9 aromatic rings. The molecule has 12 rings (SSSR count). The van der Waals surface area contributed by atoms with Crippen molar-refractivity contribution in [1.29, 1.82) is 0 Å². The van der Waals surface area contributed by atoms with E-state index >= 15 is 0 Å². The summed E-state index contributed by atoms with van der Waals surface area (Å²) in [6, 6.07) is 14.2. The lowest BCUT2D eigenvalue weighted by Gasteiger charge is -2.26. The zero-order valence-electron chi connectivity index (χ0n) is 53.6. The van der Waals surface area contributed by atoms with Crippen LogP contribution in [0.15, 0.2) is 110 Å². The highest BCUT2D eigenvalue weighted by Crippen LogP contribution is 2.41. The van der Waals surface area contributed by atoms with E-state index < -0.39 is 35.8 Å². The Morgan fingerprint density at radius 1 is 0.521 bits per heavy atom. The van der Waals surface area contributed by atoms with Gasteiger partial charge in [0.15, 0.2) is 34.7 Å². The Bertz CT molecular complexity index is 3960. The minimum atomic E-state index is -0.653. The van der Waals surface area contributed by atoms with Crippen LogP contribution in [0.1, 0.15) is 108 Å². The van der Waals surface area contributed by atoms with E-state index in [9.17, 15) is 13.2 Å². The summed E-state index contributed by atoms with van der Waals surface area (Å²) in [7, 11) is 0. The van der Waals surface area contributed by atoms with E-state index in [-0.39, 0.29) is 38.1 Å². The quantitative estimate of drug-likeness (QED) is 0.0313. The molecular formula is C68H76Cl6F3N15O4. The molecule has 3 unspecified atom stereocenters. The van der Waals surface area contributed by atoms with Crippen LogP contribution in [0, 0.1) is 17.5 Å². The van der Waals surface area contributed by atoms with Gasteiger partial charge in [-0.3, -0.25) is 14.0 Å². The summed E-state index contributed by atoms with van der Waals surface area (Å²) in [5.74, 6) is 0.0197. The molecule has 9 heterocycles. The number of likely N-dealkylation sites (tertiary alicyclic amines) is 1. The number of rotatable bonds is 22. The summed E-state index contributed by atoms with van der Waals surface area (Å²) >= 11 is 37.0. The number of hydrogen-bond acceptors (Lipinski definition) is 16. The van der Waals surface area contributed by atoms with Gasteiger partial charge in [0.2, 0.25) is 0 Å². The Labute approximate surface area is 586 Å². The van der Waals surface area contributed by atoms with Gasteiger partial charge in [0.05, 0.1) is 65.5 Å². The number of aromatic nitrogens is 9. The lowest BCUT2D eigenvalue weighted by Crippen LogP contribution is -2.34. The van der Waals surface area contributed by atoms with Crippen molar-refractivity contribution in [2.24, 2.45) is 0 Å². The second kappa shape index (κ2) is 32.5. The number of pyridine rings is 3. The Balaban J connectivity index is 0.000000157. The fourth-order valence-electron chi connectivity index (χ4n) is 11.5. The second-order valence-corrected chi connectivity index (χ2v) is 26.8. The van der Waals surface area contributed by atoms with Crippen molar-refractivity contribution in [3.05, 3.63) is 175 Å². The van der Waals surface area contributed by atoms with Gasteiger partial charge in [-0.2, -0.15) is 15.3 Å². The number of hydrogen-bond donors (Lipinski definition) is 5. The third kappa shape index (κ3) is 18.0. The van der Waals surface area contributed by atoms with Crippen molar-refractivity contribution in [3.8, 4) is 50.6 Å². The van der Waals surface area contributed by atoms with Crippen LogP contribution in [0.2, 0.25) is 30.1 Å². The van der Waals surface area contributed by atoms with Gasteiger partial charge in [-0.15, -0.1) is 0 Å². The summed E-state index contributed by atoms with van der Waals surface area (Å²) in [5, 5.41) is 21.1. The molecule has 0 spiro atoms. The fraction of sp³-hybridized carbons (Fsp3) is 0.382. The van der Waals surface area contributed by atoms with Gasteiger partial charge in [0.25, 0.3) is 0 Å². The van der Waals surface area contributed by atoms with Gasteiger partial charge in [-0.1, -0.05) is 69.6 Å². The maximum Gasteiger partial charge on any atom is 0.166 e. The number of ether oxygens (including phenoxy) is 4. The van der Waals surface area contributed by atoms with Crippen molar-refractivity contribution in [2.45, 2.75) is 122 Å². The molecule has 19 nitrogen and oxygen atoms in total. The number of nitrogen functional groups attached to an aromatic ring is 3. The van der Waals surface area contributed by atoms with Gasteiger partial charge in [-0.05, 0) is 154 Å². The predicted octanol–water partition coefficient (Wildman–Crippen LogP) is 15.7. The molecule has 510 valence electrons. The van der Waals surface area contributed by atoms with Gasteiger partial charge >= 0.3 is 0 Å². The molecule has 3 aliphatic heterocycles. The second-order valence-electron chi connectivity index (χ2n) is 24.4. The smallest absolute Gasteiger partial charge is 0.166 e. The van der Waals surface area contributed by atoms with Gasteiger partial charge < -0.3 is 51.7 Å². The molecule has 0 saturated carbocycles. The number of nitrogens with one attached hydrogen (secondary N) is 2. The summed E-state index contributed by atoms with van der Waals surface area (Å²) < 4.78 is 71.4. The van der Waals surface area contributed by atoms with E-state index in [0.717, 1.165) is 92.0 Å². The summed E-state index contributed by atoms with van der Waals surface area (Å²) in [6.45, 7) is 17.6. The maximum absolute atomic E-state index is 14.0. The van der Waals surface area contributed by atoms with E-state index in [1.165, 1.54) is 62.1 Å². The molecule has 6 aromatic heterocycles. The molecule has 0 amide bonds. The number of nitrogens with two attached hydrogens (primary N) is 3. The molecule has 8 N–H and O–H groups in total. The Hall–Kier alpha value is -7.09. The lowest BCUT2D eigenvalue weighted by atomic mass is 10.1. The van der Waals surface area contributed by atoms with Crippen LogP contribution in [0.5, 0.6) is 17.2 Å². The maximum atomic E-state index is 14.0. The van der Waals surface area contributed by atoms with E-state index in [0.29, 0.717) is 74.3 Å². The molecular weight excluding hydrogens is 1360 g/mol. The van der Waals surface area contributed by atoms with Crippen molar-refractivity contribution in [1.82, 2.24) is 59.8 Å². The number of nitrogens with zero attached hydrogens (tertiary/aromatic N) is 10. The molecule has 0 aliphatic carbocycles.